The SMILES string of the molecule is COCC(C)NC(N)=NCC(C)Cc1ccc(OC)cc1.I. The number of guanidine groups is 1. The normalized spacial score (nSPS) is 13.9. The van der Waals surface area contributed by atoms with Crippen LogP contribution in [0.5, 0.6) is 5.75 Å². The molecule has 0 heterocycles. The average Bonchev–Trinajstić information content (AvgIpc) is 2.46. The molecule has 0 amide bonds. The number of ether oxygens (including phenoxy) is 2. The fourth-order valence-electron chi connectivity index (χ4n) is 2.07. The molecular weight excluding hydrogens is 393 g/mol. The summed E-state index contributed by atoms with van der Waals surface area (Å²) in [5.41, 5.74) is 7.13. The summed E-state index contributed by atoms with van der Waals surface area (Å²) in [5, 5.41) is 3.10. The van der Waals surface area contributed by atoms with Gasteiger partial charge < -0.3 is 20.5 Å². The molecule has 2 atom stereocenters. The van der Waals surface area contributed by atoms with E-state index in [0.29, 0.717) is 25.0 Å². The third-order valence-electron chi connectivity index (χ3n) is 3.13. The van der Waals surface area contributed by atoms with E-state index in [1.54, 1.807) is 14.2 Å². The van der Waals surface area contributed by atoms with Gasteiger partial charge in [0.1, 0.15) is 5.75 Å². The first-order chi connectivity index (χ1) is 10.0. The standard InChI is InChI=1S/C16H27N3O2.HI/c1-12(9-14-5-7-15(21-4)8-6-14)10-18-16(17)19-13(2)11-20-3;/h5-8,12-13H,9-11H2,1-4H3,(H3,17,18,19);1H. The van der Waals surface area contributed by atoms with E-state index in [4.69, 9.17) is 15.2 Å². The van der Waals surface area contributed by atoms with Crippen molar-refractivity contribution in [2.75, 3.05) is 27.4 Å². The van der Waals surface area contributed by atoms with Crippen molar-refractivity contribution in [1.29, 1.82) is 0 Å². The summed E-state index contributed by atoms with van der Waals surface area (Å²) in [7, 11) is 3.34. The van der Waals surface area contributed by atoms with Crippen LogP contribution in [-0.4, -0.2) is 39.4 Å². The summed E-state index contributed by atoms with van der Waals surface area (Å²) in [6.07, 6.45) is 0.967. The Hall–Kier alpha value is -1.02. The Morgan fingerprint density at radius 2 is 1.86 bits per heavy atom. The highest BCUT2D eigenvalue weighted by molar-refractivity contribution is 14.0. The molecule has 6 heteroatoms. The molecular formula is C16H28IN3O2. The molecule has 0 saturated carbocycles. The van der Waals surface area contributed by atoms with E-state index in [-0.39, 0.29) is 30.0 Å². The van der Waals surface area contributed by atoms with Gasteiger partial charge in [-0.2, -0.15) is 0 Å². The predicted octanol–water partition coefficient (Wildman–Crippen LogP) is 2.43. The second-order valence-electron chi connectivity index (χ2n) is 5.38. The van der Waals surface area contributed by atoms with Crippen LogP contribution in [-0.2, 0) is 11.2 Å². The van der Waals surface area contributed by atoms with Crippen LogP contribution in [0.4, 0.5) is 0 Å². The molecule has 1 aromatic rings. The van der Waals surface area contributed by atoms with Crippen molar-refractivity contribution < 1.29 is 9.47 Å². The third-order valence-corrected chi connectivity index (χ3v) is 3.13. The highest BCUT2D eigenvalue weighted by atomic mass is 127. The van der Waals surface area contributed by atoms with Crippen molar-refractivity contribution >= 4 is 29.9 Å². The summed E-state index contributed by atoms with van der Waals surface area (Å²) >= 11 is 0. The second kappa shape index (κ2) is 11.5. The fraction of sp³-hybridized carbons (Fsp3) is 0.562. The van der Waals surface area contributed by atoms with E-state index in [1.165, 1.54) is 5.56 Å². The highest BCUT2D eigenvalue weighted by Gasteiger charge is 2.05. The van der Waals surface area contributed by atoms with Gasteiger partial charge >= 0.3 is 0 Å². The molecule has 1 aromatic carbocycles. The number of hydrogen-bond acceptors (Lipinski definition) is 3. The smallest absolute Gasteiger partial charge is 0.188 e. The fourth-order valence-corrected chi connectivity index (χ4v) is 2.07. The molecule has 0 radical (unpaired) electrons. The van der Waals surface area contributed by atoms with Gasteiger partial charge in [0.05, 0.1) is 13.7 Å². The van der Waals surface area contributed by atoms with Gasteiger partial charge in [-0.3, -0.25) is 4.99 Å². The zero-order chi connectivity index (χ0) is 15.7. The minimum Gasteiger partial charge on any atom is -0.497 e. The summed E-state index contributed by atoms with van der Waals surface area (Å²) < 4.78 is 10.2. The van der Waals surface area contributed by atoms with E-state index in [2.05, 4.69) is 29.4 Å². The van der Waals surface area contributed by atoms with Gasteiger partial charge in [0.15, 0.2) is 5.96 Å². The van der Waals surface area contributed by atoms with Crippen molar-refractivity contribution in [2.45, 2.75) is 26.3 Å². The average molecular weight is 421 g/mol. The van der Waals surface area contributed by atoms with E-state index in [1.807, 2.05) is 19.1 Å². The Labute approximate surface area is 150 Å². The number of aliphatic imine (C=N–C) groups is 1. The van der Waals surface area contributed by atoms with Crippen molar-refractivity contribution in [3.63, 3.8) is 0 Å². The minimum atomic E-state index is 0. The Kier molecular flexibility index (Phi) is 11.0. The number of rotatable bonds is 8. The number of methoxy groups -OCH3 is 2. The monoisotopic (exact) mass is 421 g/mol. The maximum atomic E-state index is 5.85. The molecule has 22 heavy (non-hydrogen) atoms. The molecule has 1 rings (SSSR count). The Balaban J connectivity index is 0.00000441. The first kappa shape index (κ1) is 21.0. The van der Waals surface area contributed by atoms with Gasteiger partial charge in [-0.15, -0.1) is 24.0 Å². The number of nitrogens with zero attached hydrogens (tertiary/aromatic N) is 1. The van der Waals surface area contributed by atoms with Crippen LogP contribution in [0.25, 0.3) is 0 Å². The number of benzene rings is 1. The lowest BCUT2D eigenvalue weighted by Gasteiger charge is -2.14. The summed E-state index contributed by atoms with van der Waals surface area (Å²) in [6.45, 7) is 5.48. The van der Waals surface area contributed by atoms with E-state index in [0.717, 1.165) is 12.2 Å². The number of nitrogens with two attached hydrogens (primary N) is 1. The zero-order valence-corrected chi connectivity index (χ0v) is 16.2. The van der Waals surface area contributed by atoms with Gasteiger partial charge in [0.25, 0.3) is 0 Å². The van der Waals surface area contributed by atoms with Crippen molar-refractivity contribution in [3.05, 3.63) is 29.8 Å². The van der Waals surface area contributed by atoms with E-state index < -0.39 is 0 Å². The summed E-state index contributed by atoms with van der Waals surface area (Å²) in [5.74, 6) is 1.78. The molecule has 2 unspecified atom stereocenters. The maximum absolute atomic E-state index is 5.85. The van der Waals surface area contributed by atoms with Crippen LogP contribution >= 0.6 is 24.0 Å². The summed E-state index contributed by atoms with van der Waals surface area (Å²) in [4.78, 5) is 4.38. The number of nitrogens with one attached hydrogen (secondary N) is 1. The Bertz CT molecular complexity index is 438. The molecule has 0 bridgehead atoms. The van der Waals surface area contributed by atoms with Crippen molar-refractivity contribution in [1.82, 2.24) is 5.32 Å². The Morgan fingerprint density at radius 1 is 1.23 bits per heavy atom. The molecule has 0 aliphatic carbocycles. The van der Waals surface area contributed by atoms with Crippen molar-refractivity contribution in [3.8, 4) is 5.75 Å². The molecule has 0 aliphatic heterocycles. The van der Waals surface area contributed by atoms with Gasteiger partial charge in [0, 0.05) is 19.7 Å². The zero-order valence-electron chi connectivity index (χ0n) is 13.8. The molecule has 126 valence electrons. The largest absolute Gasteiger partial charge is 0.497 e. The topological polar surface area (TPSA) is 68.9 Å². The third kappa shape index (κ3) is 8.43. The van der Waals surface area contributed by atoms with Crippen LogP contribution in [0.15, 0.2) is 29.3 Å². The first-order valence-electron chi connectivity index (χ1n) is 7.23. The lowest BCUT2D eigenvalue weighted by Crippen LogP contribution is -2.41. The second-order valence-corrected chi connectivity index (χ2v) is 5.38. The number of hydrogen-bond donors (Lipinski definition) is 2. The maximum Gasteiger partial charge on any atom is 0.188 e. The van der Waals surface area contributed by atoms with Gasteiger partial charge in [0.2, 0.25) is 0 Å². The molecule has 3 N–H and O–H groups in total. The molecule has 0 saturated heterocycles. The molecule has 5 nitrogen and oxygen atoms in total. The first-order valence-corrected chi connectivity index (χ1v) is 7.23. The number of halogens is 1. The molecule has 0 aromatic heterocycles. The van der Waals surface area contributed by atoms with E-state index in [9.17, 15) is 0 Å². The predicted molar refractivity (Wildman–Crippen MR) is 102 cm³/mol. The van der Waals surface area contributed by atoms with Crippen molar-refractivity contribution in [2.24, 2.45) is 16.6 Å². The lowest BCUT2D eigenvalue weighted by molar-refractivity contribution is 0.179. The molecule has 0 fully saturated rings. The Morgan fingerprint density at radius 3 is 2.41 bits per heavy atom. The van der Waals surface area contributed by atoms with Crippen LogP contribution in [0.1, 0.15) is 19.4 Å². The minimum absolute atomic E-state index is 0. The van der Waals surface area contributed by atoms with Gasteiger partial charge in [-0.05, 0) is 37.0 Å². The van der Waals surface area contributed by atoms with Gasteiger partial charge in [-0.1, -0.05) is 19.1 Å². The van der Waals surface area contributed by atoms with Crippen LogP contribution < -0.4 is 15.8 Å². The summed E-state index contributed by atoms with van der Waals surface area (Å²) in [6, 6.07) is 8.29. The lowest BCUT2D eigenvalue weighted by atomic mass is 10.0. The highest BCUT2D eigenvalue weighted by Crippen LogP contribution is 2.14. The molecule has 0 aliphatic rings. The van der Waals surface area contributed by atoms with E-state index >= 15 is 0 Å². The van der Waals surface area contributed by atoms with Crippen LogP contribution in [0.3, 0.4) is 0 Å². The van der Waals surface area contributed by atoms with Crippen LogP contribution in [0, 0.1) is 5.92 Å². The van der Waals surface area contributed by atoms with Gasteiger partial charge in [-0.25, -0.2) is 0 Å². The quantitative estimate of drug-likeness (QED) is 0.385. The van der Waals surface area contributed by atoms with Crippen LogP contribution in [0.2, 0.25) is 0 Å². The molecule has 0 spiro atoms.